The van der Waals surface area contributed by atoms with E-state index in [1.165, 1.54) is 27.3 Å². The summed E-state index contributed by atoms with van der Waals surface area (Å²) in [7, 11) is -3.78. The van der Waals surface area contributed by atoms with Crippen molar-refractivity contribution in [2.75, 3.05) is 11.9 Å². The molecule has 1 N–H and O–H groups in total. The van der Waals surface area contributed by atoms with Crippen LogP contribution in [0.2, 0.25) is 0 Å². The first kappa shape index (κ1) is 19.2. The second-order valence-electron chi connectivity index (χ2n) is 6.28. The molecule has 0 saturated heterocycles. The Morgan fingerprint density at radius 1 is 1.21 bits per heavy atom. The van der Waals surface area contributed by atoms with Crippen LogP contribution in [0.25, 0.3) is 0 Å². The quantitative estimate of drug-likeness (QED) is 0.666. The second kappa shape index (κ2) is 7.70. The van der Waals surface area contributed by atoms with Gasteiger partial charge in [-0.05, 0) is 35.4 Å². The standard InChI is InChI=1S/C18H18N4O3S3/c1-2-15-20-21-18(27-15)19-17(23)16-14(8-10-26-16)28(24,25)22-9-7-12-5-3-4-6-13(12)11-22/h3-6,8,10H,2,7,9,11H2,1H3,(H,19,21,23). The number of benzene rings is 1. The average Bonchev–Trinajstić information content (AvgIpc) is 3.37. The summed E-state index contributed by atoms with van der Waals surface area (Å²) in [5.74, 6) is -0.482. The molecule has 3 aromatic rings. The normalized spacial score (nSPS) is 14.6. The predicted octanol–water partition coefficient (Wildman–Crippen LogP) is 3.16. The van der Waals surface area contributed by atoms with E-state index in [9.17, 15) is 13.2 Å². The van der Waals surface area contributed by atoms with Gasteiger partial charge in [0, 0.05) is 13.1 Å². The highest BCUT2D eigenvalue weighted by molar-refractivity contribution is 7.89. The largest absolute Gasteiger partial charge is 0.296 e. The van der Waals surface area contributed by atoms with Gasteiger partial charge in [-0.15, -0.1) is 21.5 Å². The number of amides is 1. The Hall–Kier alpha value is -2.14. The topological polar surface area (TPSA) is 92.3 Å². The van der Waals surface area contributed by atoms with E-state index in [-0.39, 0.29) is 9.77 Å². The number of carbonyl (C=O) groups is 1. The summed E-state index contributed by atoms with van der Waals surface area (Å²) in [5, 5.41) is 13.3. The molecule has 0 unspecified atom stereocenters. The maximum atomic E-state index is 13.2. The molecule has 0 spiro atoms. The van der Waals surface area contributed by atoms with Crippen LogP contribution in [-0.2, 0) is 29.4 Å². The number of aromatic nitrogens is 2. The summed E-state index contributed by atoms with van der Waals surface area (Å²) in [6.07, 6.45) is 1.38. The van der Waals surface area contributed by atoms with E-state index >= 15 is 0 Å². The molecule has 0 fully saturated rings. The number of aryl methyl sites for hydroxylation is 1. The van der Waals surface area contributed by atoms with Crippen LogP contribution < -0.4 is 5.32 Å². The lowest BCUT2D eigenvalue weighted by Crippen LogP contribution is -2.36. The van der Waals surface area contributed by atoms with Gasteiger partial charge in [-0.2, -0.15) is 4.31 Å². The predicted molar refractivity (Wildman–Crippen MR) is 109 cm³/mol. The van der Waals surface area contributed by atoms with Gasteiger partial charge in [0.15, 0.2) is 0 Å². The van der Waals surface area contributed by atoms with E-state index < -0.39 is 15.9 Å². The number of nitrogens with one attached hydrogen (secondary N) is 1. The van der Waals surface area contributed by atoms with E-state index in [1.54, 1.807) is 5.38 Å². The lowest BCUT2D eigenvalue weighted by molar-refractivity contribution is 0.102. The molecule has 1 aromatic carbocycles. The Kier molecular flexibility index (Phi) is 5.28. The number of anilines is 1. The van der Waals surface area contributed by atoms with Gasteiger partial charge < -0.3 is 0 Å². The van der Waals surface area contributed by atoms with Crippen LogP contribution in [0.4, 0.5) is 5.13 Å². The molecule has 1 aliphatic rings. The molecule has 2 aromatic heterocycles. The average molecular weight is 435 g/mol. The SMILES string of the molecule is CCc1nnc(NC(=O)c2sccc2S(=O)(=O)N2CCc3ccccc3C2)s1. The van der Waals surface area contributed by atoms with Crippen LogP contribution in [0.3, 0.4) is 0 Å². The van der Waals surface area contributed by atoms with Gasteiger partial charge in [0.1, 0.15) is 14.8 Å². The number of hydrogen-bond donors (Lipinski definition) is 1. The molecule has 10 heteroatoms. The highest BCUT2D eigenvalue weighted by atomic mass is 32.2. The number of fused-ring (bicyclic) bond motifs is 1. The summed E-state index contributed by atoms with van der Waals surface area (Å²) >= 11 is 2.39. The van der Waals surface area contributed by atoms with Crippen molar-refractivity contribution in [2.24, 2.45) is 0 Å². The van der Waals surface area contributed by atoms with E-state index in [4.69, 9.17) is 0 Å². The zero-order valence-corrected chi connectivity index (χ0v) is 17.5. The molecule has 0 bridgehead atoms. The fourth-order valence-electron chi connectivity index (χ4n) is 3.08. The molecule has 146 valence electrons. The lowest BCUT2D eigenvalue weighted by Gasteiger charge is -2.28. The molecule has 28 heavy (non-hydrogen) atoms. The van der Waals surface area contributed by atoms with Crippen molar-refractivity contribution in [3.63, 3.8) is 0 Å². The molecule has 0 aliphatic carbocycles. The smallest absolute Gasteiger partial charge is 0.268 e. The summed E-state index contributed by atoms with van der Waals surface area (Å²) in [4.78, 5) is 12.9. The first-order chi connectivity index (χ1) is 13.5. The maximum absolute atomic E-state index is 13.2. The van der Waals surface area contributed by atoms with Crippen LogP contribution in [0.1, 0.15) is 32.7 Å². The number of thiophene rings is 1. The van der Waals surface area contributed by atoms with E-state index in [1.807, 2.05) is 31.2 Å². The van der Waals surface area contributed by atoms with E-state index in [0.717, 1.165) is 28.3 Å². The van der Waals surface area contributed by atoms with Gasteiger partial charge in [0.25, 0.3) is 5.91 Å². The first-order valence-electron chi connectivity index (χ1n) is 8.77. The van der Waals surface area contributed by atoms with Crippen molar-refractivity contribution in [2.45, 2.75) is 31.2 Å². The van der Waals surface area contributed by atoms with Gasteiger partial charge in [0.05, 0.1) is 0 Å². The van der Waals surface area contributed by atoms with Crippen LogP contribution in [-0.4, -0.2) is 35.4 Å². The fourth-order valence-corrected chi connectivity index (χ4v) is 6.47. The first-order valence-corrected chi connectivity index (χ1v) is 11.9. The van der Waals surface area contributed by atoms with Crippen LogP contribution >= 0.6 is 22.7 Å². The third-order valence-corrected chi connectivity index (χ3v) is 8.45. The Labute approximate surface area is 171 Å². The molecule has 0 saturated carbocycles. The second-order valence-corrected chi connectivity index (χ2v) is 10.2. The molecular weight excluding hydrogens is 416 g/mol. The molecule has 1 amide bonds. The number of carbonyl (C=O) groups excluding carboxylic acids is 1. The van der Waals surface area contributed by atoms with Gasteiger partial charge in [-0.3, -0.25) is 10.1 Å². The Morgan fingerprint density at radius 3 is 2.75 bits per heavy atom. The minimum Gasteiger partial charge on any atom is -0.296 e. The molecule has 4 rings (SSSR count). The number of nitrogens with zero attached hydrogens (tertiary/aromatic N) is 3. The summed E-state index contributed by atoms with van der Waals surface area (Å²) in [5.41, 5.74) is 2.17. The zero-order valence-electron chi connectivity index (χ0n) is 15.1. The summed E-state index contributed by atoms with van der Waals surface area (Å²) < 4.78 is 27.9. The van der Waals surface area contributed by atoms with Crippen molar-refractivity contribution in [1.29, 1.82) is 0 Å². The highest BCUT2D eigenvalue weighted by Gasteiger charge is 2.32. The third kappa shape index (κ3) is 3.60. The maximum Gasteiger partial charge on any atom is 0.268 e. The van der Waals surface area contributed by atoms with Crippen LogP contribution in [0.15, 0.2) is 40.6 Å². The van der Waals surface area contributed by atoms with Crippen LogP contribution in [0.5, 0.6) is 0 Å². The molecule has 0 radical (unpaired) electrons. The van der Waals surface area contributed by atoms with Crippen molar-refractivity contribution in [3.05, 3.63) is 56.7 Å². The summed E-state index contributed by atoms with van der Waals surface area (Å²) in [6.45, 7) is 2.66. The monoisotopic (exact) mass is 434 g/mol. The van der Waals surface area contributed by atoms with Crippen molar-refractivity contribution in [3.8, 4) is 0 Å². The fraction of sp³-hybridized carbons (Fsp3) is 0.278. The number of rotatable bonds is 5. The molecule has 3 heterocycles. The van der Waals surface area contributed by atoms with Gasteiger partial charge in [0.2, 0.25) is 15.2 Å². The Morgan fingerprint density at radius 2 is 2.00 bits per heavy atom. The van der Waals surface area contributed by atoms with Crippen LogP contribution in [0, 0.1) is 0 Å². The molecular formula is C18H18N4O3S3. The molecule has 0 atom stereocenters. The third-order valence-electron chi connectivity index (χ3n) is 4.54. The lowest BCUT2D eigenvalue weighted by atomic mass is 10.0. The van der Waals surface area contributed by atoms with E-state index in [0.29, 0.717) is 24.6 Å². The van der Waals surface area contributed by atoms with E-state index in [2.05, 4.69) is 15.5 Å². The van der Waals surface area contributed by atoms with Gasteiger partial charge >= 0.3 is 0 Å². The van der Waals surface area contributed by atoms with Crippen molar-refractivity contribution < 1.29 is 13.2 Å². The zero-order chi connectivity index (χ0) is 19.7. The van der Waals surface area contributed by atoms with Crippen molar-refractivity contribution in [1.82, 2.24) is 14.5 Å². The van der Waals surface area contributed by atoms with Gasteiger partial charge in [-0.25, -0.2) is 8.42 Å². The number of hydrogen-bond acceptors (Lipinski definition) is 7. The number of sulfonamides is 1. The molecule has 1 aliphatic heterocycles. The highest BCUT2D eigenvalue weighted by Crippen LogP contribution is 2.30. The Balaban J connectivity index is 1.58. The summed E-state index contributed by atoms with van der Waals surface area (Å²) in [6, 6.07) is 9.33. The minimum atomic E-state index is -3.78. The minimum absolute atomic E-state index is 0.0367. The Bertz CT molecular complexity index is 1120. The molecule has 7 nitrogen and oxygen atoms in total. The van der Waals surface area contributed by atoms with Crippen molar-refractivity contribution >= 4 is 43.7 Å². The van der Waals surface area contributed by atoms with Gasteiger partial charge in [-0.1, -0.05) is 42.5 Å².